The highest BCUT2D eigenvalue weighted by molar-refractivity contribution is 8.25. The molecule has 0 spiro atoms. The second-order valence-corrected chi connectivity index (χ2v) is 14.0. The Morgan fingerprint density at radius 1 is 0.615 bits per heavy atom. The molecule has 1 unspecified atom stereocenters. The maximum absolute atomic E-state index is 6.72. The van der Waals surface area contributed by atoms with E-state index < -0.39 is 6.04 Å². The lowest BCUT2D eigenvalue weighted by atomic mass is 10.1. The number of aromatic nitrogens is 5. The number of fused-ring (bicyclic) bond motifs is 9. The molecule has 0 bridgehead atoms. The smallest absolute Gasteiger partial charge is 0.146 e. The molecule has 1 atom stereocenters. The van der Waals surface area contributed by atoms with Crippen LogP contribution in [0.4, 0.5) is 0 Å². The monoisotopic (exact) mass is 537 g/mol. The molecule has 0 N–H and O–H groups in total. The zero-order valence-corrected chi connectivity index (χ0v) is 22.3. The van der Waals surface area contributed by atoms with Crippen molar-refractivity contribution in [3.63, 3.8) is 0 Å². The van der Waals surface area contributed by atoms with E-state index in [1.165, 1.54) is 5.39 Å². The van der Waals surface area contributed by atoms with E-state index in [-0.39, 0.29) is 0 Å². The van der Waals surface area contributed by atoms with Crippen molar-refractivity contribution in [1.29, 1.82) is 0 Å². The van der Waals surface area contributed by atoms with Gasteiger partial charge in [0.15, 0.2) is 0 Å². The summed E-state index contributed by atoms with van der Waals surface area (Å²) in [6.07, 6.45) is 7.08. The molecule has 8 aromatic rings. The zero-order chi connectivity index (χ0) is 26.0. The van der Waals surface area contributed by atoms with E-state index in [0.717, 1.165) is 59.8 Å². The van der Waals surface area contributed by atoms with Crippen molar-refractivity contribution < 1.29 is 0 Å². The van der Waals surface area contributed by atoms with E-state index in [1.807, 2.05) is 24.7 Å². The van der Waals surface area contributed by atoms with Gasteiger partial charge >= 0.3 is 0 Å². The molecule has 39 heavy (non-hydrogen) atoms. The van der Waals surface area contributed by atoms with E-state index in [2.05, 4.69) is 110 Å². The van der Waals surface area contributed by atoms with Crippen molar-refractivity contribution in [3.05, 3.63) is 122 Å². The predicted octanol–water partition coefficient (Wildman–Crippen LogP) is 5.89. The summed E-state index contributed by atoms with van der Waals surface area (Å²) in [4.78, 5) is 18.0. The fourth-order valence-electron chi connectivity index (χ4n) is 5.65. The molecule has 0 aliphatic heterocycles. The van der Waals surface area contributed by atoms with Gasteiger partial charge in [-0.25, -0.2) is 15.0 Å². The summed E-state index contributed by atoms with van der Waals surface area (Å²) in [7, 11) is 0. The molecular weight excluding hydrogens is 517 g/mol. The third-order valence-electron chi connectivity index (χ3n) is 7.48. The van der Waals surface area contributed by atoms with Gasteiger partial charge in [0.2, 0.25) is 0 Å². The third kappa shape index (κ3) is 3.29. The van der Waals surface area contributed by atoms with Crippen LogP contribution >= 0.6 is 6.04 Å². The standard InChI is InChI=1S/C32H20N5PS/c39-38(22-13-15-33-16-14-22,24-10-9-21-19-34-20-35-29(21)18-24)23-11-12-26-27(17-23)25-5-1-3-7-30(25)37-31-8-4-2-6-28(31)36-32(26)37/h1-20H. The average Bonchev–Trinajstić information content (AvgIpc) is 3.41. The summed E-state index contributed by atoms with van der Waals surface area (Å²) in [5.41, 5.74) is 5.07. The van der Waals surface area contributed by atoms with Crippen molar-refractivity contribution in [1.82, 2.24) is 24.3 Å². The average molecular weight is 538 g/mol. The fraction of sp³-hybridized carbons (Fsp3) is 0. The molecule has 0 amide bonds. The van der Waals surface area contributed by atoms with Crippen molar-refractivity contribution in [2.45, 2.75) is 0 Å². The van der Waals surface area contributed by atoms with Crippen LogP contribution in [-0.2, 0) is 11.8 Å². The fourth-order valence-corrected chi connectivity index (χ4v) is 9.33. The molecule has 4 aromatic carbocycles. The molecule has 5 nitrogen and oxygen atoms in total. The molecule has 0 aliphatic rings. The molecule has 0 aliphatic carbocycles. The highest BCUT2D eigenvalue weighted by Gasteiger charge is 2.26. The molecule has 184 valence electrons. The predicted molar refractivity (Wildman–Crippen MR) is 165 cm³/mol. The summed E-state index contributed by atoms with van der Waals surface area (Å²) in [5.74, 6) is 0. The Bertz CT molecular complexity index is 2280. The topological polar surface area (TPSA) is 56.0 Å². The first kappa shape index (κ1) is 22.5. The van der Waals surface area contributed by atoms with Gasteiger partial charge in [-0.2, -0.15) is 0 Å². The van der Waals surface area contributed by atoms with Crippen LogP contribution in [0.5, 0.6) is 0 Å². The quantitative estimate of drug-likeness (QED) is 0.208. The number of nitrogens with zero attached hydrogens (tertiary/aromatic N) is 5. The Morgan fingerprint density at radius 3 is 2.28 bits per heavy atom. The van der Waals surface area contributed by atoms with Gasteiger partial charge in [0, 0.05) is 40.8 Å². The van der Waals surface area contributed by atoms with Crippen LogP contribution in [0.2, 0.25) is 0 Å². The first-order valence-electron chi connectivity index (χ1n) is 12.6. The summed E-state index contributed by atoms with van der Waals surface area (Å²) in [5, 5.41) is 7.73. The Hall–Kier alpha value is -4.51. The molecule has 0 radical (unpaired) electrons. The lowest BCUT2D eigenvalue weighted by Gasteiger charge is -2.25. The van der Waals surface area contributed by atoms with Crippen LogP contribution in [-0.4, -0.2) is 24.3 Å². The lowest BCUT2D eigenvalue weighted by Crippen LogP contribution is -2.25. The highest BCUT2D eigenvalue weighted by Crippen LogP contribution is 2.44. The Balaban J connectivity index is 1.48. The van der Waals surface area contributed by atoms with Crippen molar-refractivity contribution >= 4 is 83.0 Å². The molecule has 8 rings (SSSR count). The van der Waals surface area contributed by atoms with Gasteiger partial charge in [0.1, 0.15) is 12.0 Å². The number of imidazole rings is 1. The van der Waals surface area contributed by atoms with E-state index in [9.17, 15) is 0 Å². The van der Waals surface area contributed by atoms with Crippen LogP contribution in [0.15, 0.2) is 122 Å². The van der Waals surface area contributed by atoms with E-state index in [4.69, 9.17) is 16.8 Å². The molecule has 0 saturated heterocycles. The second-order valence-electron chi connectivity index (χ2n) is 9.59. The Labute approximate surface area is 228 Å². The van der Waals surface area contributed by atoms with Crippen molar-refractivity contribution in [3.8, 4) is 0 Å². The summed E-state index contributed by atoms with van der Waals surface area (Å²) in [6.45, 7) is 0. The number of rotatable bonds is 3. The SMILES string of the molecule is S=P(c1ccncc1)(c1ccc2cncnc2c1)c1ccc2c(c1)c1ccccc1n1c3ccccc3nc21. The van der Waals surface area contributed by atoms with Gasteiger partial charge in [-0.3, -0.25) is 9.38 Å². The van der Waals surface area contributed by atoms with E-state index >= 15 is 0 Å². The molecule has 7 heteroatoms. The van der Waals surface area contributed by atoms with Gasteiger partial charge in [-0.15, -0.1) is 0 Å². The molecular formula is C32H20N5PS. The number of para-hydroxylation sites is 3. The van der Waals surface area contributed by atoms with Crippen molar-refractivity contribution in [2.24, 2.45) is 0 Å². The van der Waals surface area contributed by atoms with Crippen LogP contribution < -0.4 is 15.9 Å². The lowest BCUT2D eigenvalue weighted by molar-refractivity contribution is 1.22. The minimum Gasteiger partial charge on any atom is -0.292 e. The van der Waals surface area contributed by atoms with Crippen LogP contribution in [0.25, 0.3) is 49.3 Å². The summed E-state index contributed by atoms with van der Waals surface area (Å²) >= 11 is 6.72. The molecule has 4 aromatic heterocycles. The van der Waals surface area contributed by atoms with Crippen molar-refractivity contribution in [2.75, 3.05) is 0 Å². The first-order valence-corrected chi connectivity index (χ1v) is 15.5. The Morgan fingerprint density at radius 2 is 1.38 bits per heavy atom. The normalized spacial score (nSPS) is 13.4. The van der Waals surface area contributed by atoms with E-state index in [0.29, 0.717) is 0 Å². The van der Waals surface area contributed by atoms with Gasteiger partial charge < -0.3 is 0 Å². The largest absolute Gasteiger partial charge is 0.292 e. The first-order chi connectivity index (χ1) is 19.2. The van der Waals surface area contributed by atoms with Crippen LogP contribution in [0, 0.1) is 0 Å². The van der Waals surface area contributed by atoms with Crippen LogP contribution in [0.3, 0.4) is 0 Å². The minimum absolute atomic E-state index is 0.891. The van der Waals surface area contributed by atoms with E-state index in [1.54, 1.807) is 6.33 Å². The molecule has 0 fully saturated rings. The number of benzene rings is 4. The molecule has 0 saturated carbocycles. The van der Waals surface area contributed by atoms with Gasteiger partial charge in [-0.05, 0) is 69.8 Å². The van der Waals surface area contributed by atoms with Crippen LogP contribution in [0.1, 0.15) is 0 Å². The number of hydrogen-bond acceptors (Lipinski definition) is 5. The molecule has 4 heterocycles. The number of hydrogen-bond donors (Lipinski definition) is 0. The second kappa shape index (κ2) is 8.50. The third-order valence-corrected chi connectivity index (χ3v) is 12.4. The minimum atomic E-state index is -2.45. The number of pyridine rings is 2. The van der Waals surface area contributed by atoms with Gasteiger partial charge in [0.05, 0.1) is 22.1 Å². The summed E-state index contributed by atoms with van der Waals surface area (Å²) in [6, 6.07) is 31.6. The van der Waals surface area contributed by atoms with Gasteiger partial charge in [-0.1, -0.05) is 60.3 Å². The Kier molecular flexibility index (Phi) is 4.90. The maximum atomic E-state index is 6.72. The zero-order valence-electron chi connectivity index (χ0n) is 20.6. The maximum Gasteiger partial charge on any atom is 0.146 e. The summed E-state index contributed by atoms with van der Waals surface area (Å²) < 4.78 is 2.27. The van der Waals surface area contributed by atoms with Gasteiger partial charge in [0.25, 0.3) is 0 Å². The highest BCUT2D eigenvalue weighted by atomic mass is 32.4.